The van der Waals surface area contributed by atoms with Gasteiger partial charge in [-0.3, -0.25) is 0 Å². The fourth-order valence-electron chi connectivity index (χ4n) is 4.31. The van der Waals surface area contributed by atoms with Crippen LogP contribution in [0.15, 0.2) is 12.2 Å². The molecular formula is C15H6N6. The molecule has 0 spiro atoms. The zero-order valence-electron chi connectivity index (χ0n) is 10.6. The molecule has 0 N–H and O–H groups in total. The van der Waals surface area contributed by atoms with E-state index in [-0.39, 0.29) is 0 Å². The Bertz CT molecular complexity index is 726. The Balaban J connectivity index is 2.34. The third-order valence-electron chi connectivity index (χ3n) is 5.33. The molecule has 0 aromatic rings. The summed E-state index contributed by atoms with van der Waals surface area (Å²) in [6, 6.07) is 11.4. The smallest absolute Gasteiger partial charge is 0.182 e. The quantitative estimate of drug-likeness (QED) is 0.604. The predicted molar refractivity (Wildman–Crippen MR) is 64.1 cm³/mol. The number of hydrogen-bond acceptors (Lipinski definition) is 6. The molecule has 6 nitrogen and oxygen atoms in total. The highest BCUT2D eigenvalue weighted by Crippen LogP contribution is 2.78. The van der Waals surface area contributed by atoms with Gasteiger partial charge >= 0.3 is 0 Å². The van der Waals surface area contributed by atoms with Crippen molar-refractivity contribution >= 4 is 0 Å². The maximum atomic E-state index is 9.54. The second-order valence-corrected chi connectivity index (χ2v) is 5.64. The molecule has 2 saturated carbocycles. The molecule has 6 heteroatoms. The minimum absolute atomic E-state index is 0.461. The van der Waals surface area contributed by atoms with Crippen LogP contribution in [0.3, 0.4) is 0 Å². The maximum Gasteiger partial charge on any atom is 0.182 e. The summed E-state index contributed by atoms with van der Waals surface area (Å²) in [6.07, 6.45) is 3.25. The monoisotopic (exact) mass is 270 g/mol. The van der Waals surface area contributed by atoms with Crippen LogP contribution in [0.4, 0.5) is 0 Å². The molecule has 0 aliphatic heterocycles. The lowest BCUT2D eigenvalue weighted by Gasteiger charge is -2.47. The summed E-state index contributed by atoms with van der Waals surface area (Å²) in [4.78, 5) is 0. The van der Waals surface area contributed by atoms with Crippen LogP contribution < -0.4 is 0 Å². The van der Waals surface area contributed by atoms with E-state index in [1.54, 1.807) is 12.2 Å². The second kappa shape index (κ2) is 3.41. The Morgan fingerprint density at radius 3 is 1.14 bits per heavy atom. The molecule has 0 amide bonds. The first-order valence-electron chi connectivity index (χ1n) is 6.25. The fraction of sp³-hybridized carbons (Fsp3) is 0.467. The zero-order chi connectivity index (χ0) is 15.5. The second-order valence-electron chi connectivity index (χ2n) is 5.64. The molecule has 4 aliphatic carbocycles. The lowest BCUT2D eigenvalue weighted by molar-refractivity contribution is 0.0799. The molecule has 4 unspecified atom stereocenters. The van der Waals surface area contributed by atoms with Crippen LogP contribution in [0.1, 0.15) is 0 Å². The standard InChI is InChI=1S/C15H6N6/c16-3-13(4-17)11-9-1-2-10(12(11)13)15(7-20,8-21)14(9,5-18)6-19/h1-2,9-12H. The summed E-state index contributed by atoms with van der Waals surface area (Å²) in [6.45, 7) is 0. The van der Waals surface area contributed by atoms with Crippen LogP contribution in [-0.4, -0.2) is 0 Å². The molecule has 2 fully saturated rings. The van der Waals surface area contributed by atoms with Gasteiger partial charge in [-0.2, -0.15) is 31.6 Å². The van der Waals surface area contributed by atoms with Crippen molar-refractivity contribution in [2.75, 3.05) is 0 Å². The molecule has 2 bridgehead atoms. The van der Waals surface area contributed by atoms with Gasteiger partial charge in [0.1, 0.15) is 0 Å². The van der Waals surface area contributed by atoms with E-state index in [0.29, 0.717) is 0 Å². The van der Waals surface area contributed by atoms with Gasteiger partial charge in [-0.15, -0.1) is 0 Å². The molecule has 96 valence electrons. The van der Waals surface area contributed by atoms with Gasteiger partial charge in [0, 0.05) is 23.7 Å². The molecule has 0 aromatic carbocycles. The highest BCUT2D eigenvalue weighted by atomic mass is 14.8. The highest BCUT2D eigenvalue weighted by molar-refractivity contribution is 5.53. The van der Waals surface area contributed by atoms with E-state index in [4.69, 9.17) is 0 Å². The van der Waals surface area contributed by atoms with Crippen LogP contribution >= 0.6 is 0 Å². The normalized spacial score (nSPS) is 37.2. The summed E-state index contributed by atoms with van der Waals surface area (Å²) in [5, 5.41) is 56.9. The Hall–Kier alpha value is -3.32. The van der Waals surface area contributed by atoms with Crippen LogP contribution in [0.2, 0.25) is 0 Å². The summed E-state index contributed by atoms with van der Waals surface area (Å²) >= 11 is 0. The number of allylic oxidation sites excluding steroid dienone is 2. The van der Waals surface area contributed by atoms with Crippen molar-refractivity contribution in [3.63, 3.8) is 0 Å². The van der Waals surface area contributed by atoms with Gasteiger partial charge in [-0.1, -0.05) is 12.2 Å². The summed E-state index contributed by atoms with van der Waals surface area (Å²) in [5.74, 6) is -2.42. The minimum atomic E-state index is -1.84. The van der Waals surface area contributed by atoms with Crippen molar-refractivity contribution in [1.82, 2.24) is 0 Å². The van der Waals surface area contributed by atoms with E-state index in [2.05, 4.69) is 0 Å². The average Bonchev–Trinajstić information content (AvgIpc) is 3.24. The molecular weight excluding hydrogens is 264 g/mol. The molecule has 4 atom stereocenters. The van der Waals surface area contributed by atoms with Crippen molar-refractivity contribution in [2.24, 2.45) is 39.9 Å². The largest absolute Gasteiger partial charge is 0.197 e. The van der Waals surface area contributed by atoms with Gasteiger partial charge in [0.05, 0.1) is 36.4 Å². The zero-order valence-corrected chi connectivity index (χ0v) is 10.6. The predicted octanol–water partition coefficient (Wildman–Crippen LogP) is 1.15. The van der Waals surface area contributed by atoms with E-state index >= 15 is 0 Å². The maximum absolute atomic E-state index is 9.54. The van der Waals surface area contributed by atoms with Gasteiger partial charge in [-0.25, -0.2) is 0 Å². The topological polar surface area (TPSA) is 143 Å². The minimum Gasteiger partial charge on any atom is -0.197 e. The molecule has 0 saturated heterocycles. The van der Waals surface area contributed by atoms with Crippen molar-refractivity contribution in [1.29, 1.82) is 31.6 Å². The van der Waals surface area contributed by atoms with Crippen molar-refractivity contribution in [3.8, 4) is 36.4 Å². The van der Waals surface area contributed by atoms with Gasteiger partial charge in [0.2, 0.25) is 0 Å². The number of nitrogens with zero attached hydrogens (tertiary/aromatic N) is 6. The van der Waals surface area contributed by atoms with Gasteiger partial charge < -0.3 is 0 Å². The Kier molecular flexibility index (Phi) is 2.06. The van der Waals surface area contributed by atoms with Crippen LogP contribution in [0, 0.1) is 108 Å². The van der Waals surface area contributed by atoms with E-state index in [1.165, 1.54) is 0 Å². The van der Waals surface area contributed by atoms with Gasteiger partial charge in [0.15, 0.2) is 16.2 Å². The Morgan fingerprint density at radius 1 is 0.571 bits per heavy atom. The molecule has 21 heavy (non-hydrogen) atoms. The van der Waals surface area contributed by atoms with E-state index in [1.807, 2.05) is 36.4 Å². The number of fused-ring (bicyclic) bond motifs is 1. The number of rotatable bonds is 0. The van der Waals surface area contributed by atoms with Crippen molar-refractivity contribution < 1.29 is 0 Å². The molecule has 0 aromatic heterocycles. The van der Waals surface area contributed by atoms with Crippen LogP contribution in [0.5, 0.6) is 0 Å². The highest BCUT2D eigenvalue weighted by Gasteiger charge is 2.85. The van der Waals surface area contributed by atoms with E-state index < -0.39 is 39.9 Å². The third-order valence-corrected chi connectivity index (χ3v) is 5.33. The summed E-state index contributed by atoms with van der Waals surface area (Å²) in [5.41, 5.74) is -4.99. The van der Waals surface area contributed by atoms with Crippen LogP contribution in [-0.2, 0) is 0 Å². The lowest BCUT2D eigenvalue weighted by atomic mass is 9.47. The molecule has 0 radical (unpaired) electrons. The first-order valence-corrected chi connectivity index (χ1v) is 6.25. The third kappa shape index (κ3) is 0.915. The van der Waals surface area contributed by atoms with E-state index in [9.17, 15) is 31.6 Å². The van der Waals surface area contributed by atoms with Gasteiger partial charge in [-0.05, 0) is 0 Å². The average molecular weight is 270 g/mol. The first kappa shape index (κ1) is 12.7. The van der Waals surface area contributed by atoms with Gasteiger partial charge in [0.25, 0.3) is 0 Å². The summed E-state index contributed by atoms with van der Waals surface area (Å²) < 4.78 is 0. The molecule has 4 rings (SSSR count). The fourth-order valence-corrected chi connectivity index (χ4v) is 4.31. The van der Waals surface area contributed by atoms with Crippen molar-refractivity contribution in [2.45, 2.75) is 0 Å². The summed E-state index contributed by atoms with van der Waals surface area (Å²) in [7, 11) is 0. The first-order chi connectivity index (χ1) is 10.1. The Morgan fingerprint density at radius 2 is 0.905 bits per heavy atom. The lowest BCUT2D eigenvalue weighted by Crippen LogP contribution is -2.54. The Labute approximate surface area is 120 Å². The molecule has 0 heterocycles. The number of nitriles is 6. The number of hydrogen-bond donors (Lipinski definition) is 0. The SMILES string of the molecule is N#CC1(C#N)C2C1C1C=CC2C(C#N)(C#N)C1(C#N)C#N. The van der Waals surface area contributed by atoms with Crippen LogP contribution in [0.25, 0.3) is 0 Å². The van der Waals surface area contributed by atoms with Crippen molar-refractivity contribution in [3.05, 3.63) is 12.2 Å². The van der Waals surface area contributed by atoms with E-state index in [0.717, 1.165) is 0 Å². The molecule has 4 aliphatic rings.